The van der Waals surface area contributed by atoms with E-state index in [1.165, 1.54) is 6.07 Å². The fraction of sp³-hybridized carbons (Fsp3) is 0.500. The van der Waals surface area contributed by atoms with E-state index in [4.69, 9.17) is 17.4 Å². The average molecular weight is 355 g/mol. The Labute approximate surface area is 128 Å². The molecule has 0 saturated carbocycles. The Kier molecular flexibility index (Phi) is 4.73. The Morgan fingerprint density at radius 1 is 1.48 bits per heavy atom. The molecule has 1 unspecified atom stereocenters. The number of aromatic nitrogens is 1. The van der Waals surface area contributed by atoms with Crippen molar-refractivity contribution in [2.45, 2.75) is 23.0 Å². The number of halogens is 1. The second kappa shape index (κ2) is 6.05. The first-order valence-corrected chi connectivity index (χ1v) is 9.67. The standard InChI is InChI=1S/C10H15ClN4O4S2/c11-9-4-8(5-13-10(9)15-12)21(18,19)14-6-7-2-1-3-20(7,16)17/h4-5,7,14H,1-3,6,12H2,(H,13,15). The first-order chi connectivity index (χ1) is 9.76. The molecule has 0 amide bonds. The summed E-state index contributed by atoms with van der Waals surface area (Å²) in [5, 5.41) is -0.630. The van der Waals surface area contributed by atoms with Crippen molar-refractivity contribution in [1.29, 1.82) is 0 Å². The minimum Gasteiger partial charge on any atom is -0.307 e. The first-order valence-electron chi connectivity index (χ1n) is 6.09. The molecule has 2 rings (SSSR count). The summed E-state index contributed by atoms with van der Waals surface area (Å²) in [6.07, 6.45) is 2.10. The Morgan fingerprint density at radius 2 is 2.19 bits per heavy atom. The van der Waals surface area contributed by atoms with E-state index in [1.807, 2.05) is 0 Å². The van der Waals surface area contributed by atoms with Crippen LogP contribution in [0.3, 0.4) is 0 Å². The van der Waals surface area contributed by atoms with Gasteiger partial charge in [0.1, 0.15) is 4.90 Å². The number of rotatable bonds is 5. The predicted octanol–water partition coefficient (Wildman–Crippen LogP) is -0.124. The molecule has 1 atom stereocenters. The summed E-state index contributed by atoms with van der Waals surface area (Å²) in [6, 6.07) is 1.19. The summed E-state index contributed by atoms with van der Waals surface area (Å²) in [5.74, 6) is 5.40. The summed E-state index contributed by atoms with van der Waals surface area (Å²) in [6.45, 7) is -0.154. The van der Waals surface area contributed by atoms with Crippen molar-refractivity contribution in [1.82, 2.24) is 9.71 Å². The van der Waals surface area contributed by atoms with E-state index in [2.05, 4.69) is 15.1 Å². The fourth-order valence-electron chi connectivity index (χ4n) is 2.05. The molecule has 2 heterocycles. The molecule has 11 heteroatoms. The third-order valence-corrected chi connectivity index (χ3v) is 7.18. The third kappa shape index (κ3) is 3.64. The van der Waals surface area contributed by atoms with Crippen LogP contribution in [0.25, 0.3) is 0 Å². The molecule has 4 N–H and O–H groups in total. The second-order valence-electron chi connectivity index (χ2n) is 4.63. The van der Waals surface area contributed by atoms with Crippen molar-refractivity contribution in [3.05, 3.63) is 17.3 Å². The highest BCUT2D eigenvalue weighted by Gasteiger charge is 2.32. The molecule has 8 nitrogen and oxygen atoms in total. The van der Waals surface area contributed by atoms with E-state index in [-0.39, 0.29) is 28.0 Å². The molecule has 1 fully saturated rings. The molecule has 1 aromatic heterocycles. The van der Waals surface area contributed by atoms with Crippen LogP contribution >= 0.6 is 11.6 Å². The summed E-state index contributed by atoms with van der Waals surface area (Å²) < 4.78 is 49.8. The Hall–Kier alpha value is -0.940. The van der Waals surface area contributed by atoms with Crippen LogP contribution in [0.5, 0.6) is 0 Å². The van der Waals surface area contributed by atoms with Gasteiger partial charge < -0.3 is 5.43 Å². The van der Waals surface area contributed by atoms with Crippen molar-refractivity contribution in [3.63, 3.8) is 0 Å². The lowest BCUT2D eigenvalue weighted by molar-refractivity contribution is 0.570. The fourth-order valence-corrected chi connectivity index (χ4v) is 5.26. The van der Waals surface area contributed by atoms with Crippen molar-refractivity contribution in [3.8, 4) is 0 Å². The van der Waals surface area contributed by atoms with Gasteiger partial charge in [-0.3, -0.25) is 0 Å². The molecule has 0 aromatic carbocycles. The monoisotopic (exact) mass is 354 g/mol. The number of nitrogens with two attached hydrogens (primary N) is 1. The number of hydrazine groups is 1. The van der Waals surface area contributed by atoms with Gasteiger partial charge in [0.05, 0.1) is 16.0 Å². The molecule has 0 bridgehead atoms. The molecule has 118 valence electrons. The lowest BCUT2D eigenvalue weighted by Crippen LogP contribution is -2.34. The van der Waals surface area contributed by atoms with Gasteiger partial charge in [0.25, 0.3) is 0 Å². The first kappa shape index (κ1) is 16.4. The number of hydrogen-bond donors (Lipinski definition) is 3. The lowest BCUT2D eigenvalue weighted by Gasteiger charge is -2.12. The zero-order valence-corrected chi connectivity index (χ0v) is 13.3. The summed E-state index contributed by atoms with van der Waals surface area (Å²) >= 11 is 5.82. The van der Waals surface area contributed by atoms with Gasteiger partial charge >= 0.3 is 0 Å². The van der Waals surface area contributed by atoms with Crippen LogP contribution in [0.1, 0.15) is 12.8 Å². The molecule has 21 heavy (non-hydrogen) atoms. The van der Waals surface area contributed by atoms with Gasteiger partial charge in [0, 0.05) is 12.7 Å². The molecule has 1 saturated heterocycles. The van der Waals surface area contributed by atoms with E-state index < -0.39 is 25.1 Å². The van der Waals surface area contributed by atoms with Gasteiger partial charge in [-0.05, 0) is 18.9 Å². The van der Waals surface area contributed by atoms with Crippen LogP contribution in [-0.4, -0.2) is 39.4 Å². The molecule has 0 radical (unpaired) electrons. The third-order valence-electron chi connectivity index (χ3n) is 3.23. The van der Waals surface area contributed by atoms with Crippen LogP contribution in [0.2, 0.25) is 5.02 Å². The van der Waals surface area contributed by atoms with Gasteiger partial charge in [-0.1, -0.05) is 11.6 Å². The lowest BCUT2D eigenvalue weighted by atomic mass is 10.2. The van der Waals surface area contributed by atoms with Gasteiger partial charge in [0.2, 0.25) is 10.0 Å². The van der Waals surface area contributed by atoms with Crippen molar-refractivity contribution in [2.75, 3.05) is 17.7 Å². The highest BCUT2D eigenvalue weighted by Crippen LogP contribution is 2.23. The van der Waals surface area contributed by atoms with Crippen molar-refractivity contribution in [2.24, 2.45) is 5.84 Å². The van der Waals surface area contributed by atoms with Crippen molar-refractivity contribution < 1.29 is 16.8 Å². The number of sulfonamides is 1. The molecule has 1 aliphatic heterocycles. The van der Waals surface area contributed by atoms with Gasteiger partial charge in [0.15, 0.2) is 15.7 Å². The highest BCUT2D eigenvalue weighted by molar-refractivity contribution is 7.92. The Balaban J connectivity index is 2.14. The normalized spacial score (nSPS) is 21.3. The van der Waals surface area contributed by atoms with E-state index in [0.717, 1.165) is 6.20 Å². The maximum atomic E-state index is 12.1. The maximum absolute atomic E-state index is 12.1. The molecular formula is C10H15ClN4O4S2. The molecule has 1 aliphatic rings. The number of nitrogens with one attached hydrogen (secondary N) is 2. The zero-order chi connectivity index (χ0) is 15.7. The van der Waals surface area contributed by atoms with E-state index in [0.29, 0.717) is 12.8 Å². The van der Waals surface area contributed by atoms with Crippen LogP contribution in [-0.2, 0) is 19.9 Å². The molecule has 0 spiro atoms. The number of pyridine rings is 1. The number of hydrogen-bond acceptors (Lipinski definition) is 7. The summed E-state index contributed by atoms with van der Waals surface area (Å²) in [7, 11) is -7.08. The SMILES string of the molecule is NNc1ncc(S(=O)(=O)NCC2CCCS2(=O)=O)cc1Cl. The van der Waals surface area contributed by atoms with E-state index in [1.54, 1.807) is 0 Å². The van der Waals surface area contributed by atoms with Crippen LogP contribution in [0.15, 0.2) is 17.2 Å². The molecule has 0 aliphatic carbocycles. The van der Waals surface area contributed by atoms with E-state index in [9.17, 15) is 16.8 Å². The maximum Gasteiger partial charge on any atom is 0.242 e. The Morgan fingerprint density at radius 3 is 2.71 bits per heavy atom. The number of sulfone groups is 1. The zero-order valence-electron chi connectivity index (χ0n) is 10.9. The minimum atomic E-state index is -3.88. The predicted molar refractivity (Wildman–Crippen MR) is 79.1 cm³/mol. The summed E-state index contributed by atoms with van der Waals surface area (Å²) in [5.41, 5.74) is 2.22. The minimum absolute atomic E-state index is 0.0499. The molecular weight excluding hydrogens is 340 g/mol. The van der Waals surface area contributed by atoms with Gasteiger partial charge in [-0.25, -0.2) is 32.4 Å². The largest absolute Gasteiger partial charge is 0.307 e. The number of nitrogens with zero attached hydrogens (tertiary/aromatic N) is 1. The van der Waals surface area contributed by atoms with Gasteiger partial charge in [-0.15, -0.1) is 0 Å². The van der Waals surface area contributed by atoms with Crippen LogP contribution in [0, 0.1) is 0 Å². The highest BCUT2D eigenvalue weighted by atomic mass is 35.5. The average Bonchev–Trinajstić information content (AvgIpc) is 2.75. The quantitative estimate of drug-likeness (QED) is 0.496. The Bertz CT molecular complexity index is 735. The second-order valence-corrected chi connectivity index (χ2v) is 9.20. The van der Waals surface area contributed by atoms with Gasteiger partial charge in [-0.2, -0.15) is 0 Å². The number of nitrogen functional groups attached to an aromatic ring is 1. The topological polar surface area (TPSA) is 131 Å². The van der Waals surface area contributed by atoms with Crippen LogP contribution < -0.4 is 16.0 Å². The smallest absolute Gasteiger partial charge is 0.242 e. The van der Waals surface area contributed by atoms with E-state index >= 15 is 0 Å². The van der Waals surface area contributed by atoms with Crippen LogP contribution in [0.4, 0.5) is 5.82 Å². The summed E-state index contributed by atoms with van der Waals surface area (Å²) in [4.78, 5) is 3.61. The number of anilines is 1. The van der Waals surface area contributed by atoms with Crippen molar-refractivity contribution >= 4 is 37.3 Å². The molecule has 1 aromatic rings.